The number of esters is 1. The molecule has 0 unspecified atom stereocenters. The molecule has 4 atom stereocenters. The summed E-state index contributed by atoms with van der Waals surface area (Å²) in [5.74, 6) is 5.03. The highest BCUT2D eigenvalue weighted by atomic mass is 16.6. The smallest absolute Gasteiger partial charge is 0.373 e. The third kappa shape index (κ3) is 14.1. The van der Waals surface area contributed by atoms with Gasteiger partial charge in [-0.25, -0.2) is 4.79 Å². The van der Waals surface area contributed by atoms with Crippen molar-refractivity contribution < 1.29 is 28.6 Å². The summed E-state index contributed by atoms with van der Waals surface area (Å²) in [7, 11) is 1.45. The van der Waals surface area contributed by atoms with Crippen molar-refractivity contribution >= 4 is 17.8 Å². The topological polar surface area (TPSA) is 103 Å². The number of hydrogen-bond donors (Lipinski definition) is 2. The molecule has 0 saturated heterocycles. The summed E-state index contributed by atoms with van der Waals surface area (Å²) < 4.78 is 16.3. The van der Waals surface area contributed by atoms with Crippen LogP contribution >= 0.6 is 0 Å². The van der Waals surface area contributed by atoms with E-state index in [-0.39, 0.29) is 41.8 Å². The molecule has 41 heavy (non-hydrogen) atoms. The van der Waals surface area contributed by atoms with Crippen LogP contribution in [0.4, 0.5) is 0 Å². The first-order valence-electron chi connectivity index (χ1n) is 14.1. The maximum absolute atomic E-state index is 12.9. The zero-order chi connectivity index (χ0) is 31.0. The Labute approximate surface area is 246 Å². The lowest BCUT2D eigenvalue weighted by Gasteiger charge is -2.29. The van der Waals surface area contributed by atoms with Gasteiger partial charge in [0.25, 0.3) is 0 Å². The summed E-state index contributed by atoms with van der Waals surface area (Å²) in [6.07, 6.45) is 15.4. The lowest BCUT2D eigenvalue weighted by Crippen LogP contribution is -2.52. The van der Waals surface area contributed by atoms with Gasteiger partial charge in [0.15, 0.2) is 5.76 Å². The van der Waals surface area contributed by atoms with Gasteiger partial charge in [-0.3, -0.25) is 9.59 Å². The van der Waals surface area contributed by atoms with Crippen molar-refractivity contribution in [1.82, 2.24) is 10.6 Å². The van der Waals surface area contributed by atoms with Crippen LogP contribution in [0.1, 0.15) is 74.7 Å². The Balaban J connectivity index is 2.69. The Bertz CT molecular complexity index is 1090. The third-order valence-corrected chi connectivity index (χ3v) is 6.17. The standard InChI is InChI=1S/C33H48N2O6/c1-10-11-16-26(40-23(2)3)17-14-21-34-31(37)30(33(6,7)8)35-29(36)18-13-12-15-24(4)22-25(5)27-19-20-28(39-9)32(38)41-27/h12-15,18,20-23,25-27,30H,16-17,19H2,1-9H3,(H,34,37)(H,35,36)/b15-12-,18-13-,21-14-,24-22+/t25-,26-,27-,30+/m0/s1. The van der Waals surface area contributed by atoms with Crippen LogP contribution in [0.5, 0.6) is 0 Å². The van der Waals surface area contributed by atoms with Crippen LogP contribution in [0.2, 0.25) is 0 Å². The molecule has 2 amide bonds. The molecule has 0 aromatic heterocycles. The Morgan fingerprint density at radius 2 is 1.88 bits per heavy atom. The van der Waals surface area contributed by atoms with Crippen molar-refractivity contribution in [2.75, 3.05) is 7.11 Å². The van der Waals surface area contributed by atoms with Gasteiger partial charge in [0, 0.05) is 24.8 Å². The van der Waals surface area contributed by atoms with Crippen LogP contribution in [0.3, 0.4) is 0 Å². The number of rotatable bonds is 14. The normalized spacial score (nSPS) is 18.5. The summed E-state index contributed by atoms with van der Waals surface area (Å²) in [5.41, 5.74) is 0.454. The Hall–Kier alpha value is -3.57. The second-order valence-electron chi connectivity index (χ2n) is 11.3. The number of methoxy groups -OCH3 is 1. The number of ether oxygens (including phenoxy) is 3. The molecule has 0 aromatic carbocycles. The van der Waals surface area contributed by atoms with Crippen molar-refractivity contribution in [2.45, 2.75) is 99.0 Å². The van der Waals surface area contributed by atoms with Gasteiger partial charge < -0.3 is 24.8 Å². The molecule has 0 saturated carbocycles. The molecule has 2 N–H and O–H groups in total. The van der Waals surface area contributed by atoms with Crippen molar-refractivity contribution in [2.24, 2.45) is 11.3 Å². The number of cyclic esters (lactones) is 1. The number of hydrogen-bond acceptors (Lipinski definition) is 6. The first-order chi connectivity index (χ1) is 19.3. The Morgan fingerprint density at radius 3 is 2.46 bits per heavy atom. The van der Waals surface area contributed by atoms with E-state index in [1.54, 1.807) is 31.4 Å². The fourth-order valence-electron chi connectivity index (χ4n) is 4.06. The molecule has 1 rings (SSSR count). The number of carbonyl (C=O) groups excluding carboxylic acids is 3. The highest BCUT2D eigenvalue weighted by Gasteiger charge is 2.32. The van der Waals surface area contributed by atoms with Crippen molar-refractivity contribution in [3.8, 4) is 11.8 Å². The molecule has 0 radical (unpaired) electrons. The maximum Gasteiger partial charge on any atom is 0.373 e. The average Bonchev–Trinajstić information content (AvgIpc) is 2.89. The second-order valence-corrected chi connectivity index (χ2v) is 11.3. The predicted molar refractivity (Wildman–Crippen MR) is 162 cm³/mol. The van der Waals surface area contributed by atoms with Gasteiger partial charge in [0.2, 0.25) is 11.8 Å². The molecule has 1 aliphatic rings. The minimum absolute atomic E-state index is 0.00396. The molecule has 8 nitrogen and oxygen atoms in total. The number of nitrogens with one attached hydrogen (secondary N) is 2. The minimum atomic E-state index is -0.740. The lowest BCUT2D eigenvalue weighted by molar-refractivity contribution is -0.151. The van der Waals surface area contributed by atoms with E-state index in [9.17, 15) is 14.4 Å². The monoisotopic (exact) mass is 568 g/mol. The summed E-state index contributed by atoms with van der Waals surface area (Å²) >= 11 is 0. The van der Waals surface area contributed by atoms with Crippen LogP contribution < -0.4 is 10.6 Å². The van der Waals surface area contributed by atoms with E-state index in [1.807, 2.05) is 66.7 Å². The highest BCUT2D eigenvalue weighted by molar-refractivity contribution is 5.93. The van der Waals surface area contributed by atoms with Gasteiger partial charge >= 0.3 is 5.97 Å². The van der Waals surface area contributed by atoms with E-state index in [1.165, 1.54) is 13.2 Å². The molecular weight excluding hydrogens is 520 g/mol. The largest absolute Gasteiger partial charge is 0.490 e. The van der Waals surface area contributed by atoms with E-state index in [2.05, 4.69) is 22.5 Å². The zero-order valence-corrected chi connectivity index (χ0v) is 26.1. The third-order valence-electron chi connectivity index (χ3n) is 6.17. The first kappa shape index (κ1) is 35.5. The van der Waals surface area contributed by atoms with Gasteiger partial charge in [0.05, 0.1) is 19.3 Å². The molecular formula is C33H48N2O6. The first-order valence-corrected chi connectivity index (χ1v) is 14.1. The molecule has 0 fully saturated rings. The number of allylic oxidation sites excluding steroid dienone is 4. The molecule has 0 bridgehead atoms. The summed E-state index contributed by atoms with van der Waals surface area (Å²) in [4.78, 5) is 37.4. The van der Waals surface area contributed by atoms with Crippen LogP contribution in [0, 0.1) is 23.2 Å². The van der Waals surface area contributed by atoms with Crippen LogP contribution in [0.25, 0.3) is 0 Å². The van der Waals surface area contributed by atoms with E-state index < -0.39 is 17.4 Å². The van der Waals surface area contributed by atoms with Crippen molar-refractivity contribution in [3.63, 3.8) is 0 Å². The summed E-state index contributed by atoms with van der Waals surface area (Å²) in [6, 6.07) is -0.740. The van der Waals surface area contributed by atoms with Gasteiger partial charge in [-0.1, -0.05) is 63.6 Å². The van der Waals surface area contributed by atoms with E-state index in [0.29, 0.717) is 19.3 Å². The fraction of sp³-hybridized carbons (Fsp3) is 0.545. The van der Waals surface area contributed by atoms with Gasteiger partial charge in [-0.15, -0.1) is 11.8 Å². The predicted octanol–water partition coefficient (Wildman–Crippen LogP) is 5.28. The van der Waals surface area contributed by atoms with E-state index in [0.717, 1.165) is 5.57 Å². The Morgan fingerprint density at radius 1 is 1.20 bits per heavy atom. The molecule has 1 aliphatic heterocycles. The molecule has 0 aliphatic carbocycles. The van der Waals surface area contributed by atoms with Gasteiger partial charge in [0.1, 0.15) is 12.1 Å². The highest BCUT2D eigenvalue weighted by Crippen LogP contribution is 2.23. The summed E-state index contributed by atoms with van der Waals surface area (Å²) in [6.45, 7) is 15.3. The average molecular weight is 569 g/mol. The second kappa shape index (κ2) is 18.0. The minimum Gasteiger partial charge on any atom is -0.490 e. The van der Waals surface area contributed by atoms with Crippen LogP contribution in [-0.4, -0.2) is 49.2 Å². The van der Waals surface area contributed by atoms with Crippen molar-refractivity contribution in [3.05, 3.63) is 60.1 Å². The molecule has 0 aromatic rings. The maximum atomic E-state index is 12.9. The van der Waals surface area contributed by atoms with Crippen LogP contribution in [0.15, 0.2) is 60.1 Å². The molecule has 226 valence electrons. The zero-order valence-electron chi connectivity index (χ0n) is 26.1. The van der Waals surface area contributed by atoms with Crippen LogP contribution in [-0.2, 0) is 28.6 Å². The van der Waals surface area contributed by atoms with Gasteiger partial charge in [-0.05, 0) is 51.8 Å². The molecule has 8 heteroatoms. The summed E-state index contributed by atoms with van der Waals surface area (Å²) in [5, 5.41) is 5.59. The number of amides is 2. The SMILES string of the molecule is CC#CC[C@@H](C/C=C\NC(=O)[C@@H](NC(=O)\C=C/C=C\C(C)=C\[C@H](C)[C@@H]1CC=C(OC)C(=O)O1)C(C)(C)C)OC(C)C. The lowest BCUT2D eigenvalue weighted by atomic mass is 9.86. The number of carbonyl (C=O) groups is 3. The van der Waals surface area contributed by atoms with Crippen molar-refractivity contribution in [1.29, 1.82) is 0 Å². The van der Waals surface area contributed by atoms with E-state index in [4.69, 9.17) is 14.2 Å². The molecule has 1 heterocycles. The quantitative estimate of drug-likeness (QED) is 0.128. The Kier molecular flexibility index (Phi) is 15.6. The fourth-order valence-corrected chi connectivity index (χ4v) is 4.06. The molecule has 0 spiro atoms. The van der Waals surface area contributed by atoms with E-state index >= 15 is 0 Å². The van der Waals surface area contributed by atoms with Gasteiger partial charge in [-0.2, -0.15) is 0 Å².